The lowest BCUT2D eigenvalue weighted by Crippen LogP contribution is -2.02. The molecule has 0 atom stereocenters. The van der Waals surface area contributed by atoms with E-state index >= 15 is 0 Å². The smallest absolute Gasteiger partial charge is 0.0382 e. The fourth-order valence-corrected chi connectivity index (χ4v) is 1.90. The second-order valence-corrected chi connectivity index (χ2v) is 4.55. The van der Waals surface area contributed by atoms with Crippen LogP contribution in [0.3, 0.4) is 0 Å². The number of thiol groups is 1. The van der Waals surface area contributed by atoms with Crippen molar-refractivity contribution in [2.75, 3.05) is 12.0 Å². The third-order valence-corrected chi connectivity index (χ3v) is 3.17. The summed E-state index contributed by atoms with van der Waals surface area (Å²) in [5.41, 5.74) is 14.7. The Kier molecular flexibility index (Phi) is 16.8. The van der Waals surface area contributed by atoms with Crippen LogP contribution in [0.1, 0.15) is 69.4 Å². The number of hydrogen-bond acceptors (Lipinski definition) is 2. The minimum absolute atomic E-state index is 0.936. The monoisotopic (exact) mass is 311 g/mol. The Balaban J connectivity index is -0.000000478. The van der Waals surface area contributed by atoms with E-state index in [4.69, 9.17) is 5.73 Å². The predicted molar refractivity (Wildman–Crippen MR) is 107 cm³/mol. The second-order valence-electron chi connectivity index (χ2n) is 4.55. The molecule has 1 aromatic rings. The lowest BCUT2D eigenvalue weighted by atomic mass is 9.91. The van der Waals surface area contributed by atoms with Gasteiger partial charge in [0.15, 0.2) is 0 Å². The molecule has 0 spiro atoms. The van der Waals surface area contributed by atoms with Gasteiger partial charge in [0.05, 0.1) is 0 Å². The van der Waals surface area contributed by atoms with Gasteiger partial charge in [-0.25, -0.2) is 0 Å². The molecule has 2 heteroatoms. The lowest BCUT2D eigenvalue weighted by molar-refractivity contribution is 1.22. The van der Waals surface area contributed by atoms with Gasteiger partial charge in [0.2, 0.25) is 0 Å². The van der Waals surface area contributed by atoms with Crippen molar-refractivity contribution >= 4 is 24.4 Å². The van der Waals surface area contributed by atoms with Crippen LogP contribution in [0.5, 0.6) is 0 Å². The average molecular weight is 312 g/mol. The minimum atomic E-state index is 0.936. The summed E-state index contributed by atoms with van der Waals surface area (Å²) in [4.78, 5) is 0. The highest BCUT2D eigenvalue weighted by Gasteiger charge is 2.10. The van der Waals surface area contributed by atoms with Gasteiger partial charge in [-0.15, -0.1) is 0 Å². The topological polar surface area (TPSA) is 26.0 Å². The molecule has 2 N–H and O–H groups in total. The highest BCUT2D eigenvalue weighted by molar-refractivity contribution is 7.79. The largest absolute Gasteiger partial charge is 0.398 e. The lowest BCUT2D eigenvalue weighted by Gasteiger charge is -2.16. The van der Waals surface area contributed by atoms with Crippen LogP contribution in [-0.2, 0) is 0 Å². The first-order valence-corrected chi connectivity index (χ1v) is 8.71. The maximum atomic E-state index is 6.10. The Labute approximate surface area is 139 Å². The van der Waals surface area contributed by atoms with Crippen molar-refractivity contribution in [3.05, 3.63) is 33.4 Å². The van der Waals surface area contributed by atoms with E-state index in [2.05, 4.69) is 60.2 Å². The summed E-state index contributed by atoms with van der Waals surface area (Å²) in [5.74, 6) is 0. The van der Waals surface area contributed by atoms with Crippen molar-refractivity contribution in [2.24, 2.45) is 0 Å². The van der Waals surface area contributed by atoms with Crippen molar-refractivity contribution in [2.45, 2.75) is 69.2 Å². The Morgan fingerprint density at radius 1 is 0.762 bits per heavy atom. The van der Waals surface area contributed by atoms with Gasteiger partial charge < -0.3 is 5.73 Å². The van der Waals surface area contributed by atoms with Gasteiger partial charge in [-0.2, -0.15) is 12.6 Å². The summed E-state index contributed by atoms with van der Waals surface area (Å²) < 4.78 is 0. The molecule has 0 fully saturated rings. The summed E-state index contributed by atoms with van der Waals surface area (Å²) >= 11 is 3.53. The molecule has 1 nitrogen and oxygen atoms in total. The van der Waals surface area contributed by atoms with Crippen molar-refractivity contribution in [1.29, 1.82) is 0 Å². The highest BCUT2D eigenvalue weighted by Crippen LogP contribution is 2.29. The van der Waals surface area contributed by atoms with Gasteiger partial charge >= 0.3 is 0 Å². The first-order chi connectivity index (χ1) is 9.86. The molecule has 0 aliphatic rings. The molecule has 0 unspecified atom stereocenters. The van der Waals surface area contributed by atoms with E-state index in [1.54, 1.807) is 6.26 Å². The number of nitrogen functional groups attached to an aromatic ring is 1. The number of allylic oxidation sites excluding steroid dienone is 1. The Hall–Kier alpha value is -0.890. The normalized spacial score (nSPS) is 8.19. The molecule has 1 rings (SSSR count). The zero-order valence-electron chi connectivity index (χ0n) is 16.1. The van der Waals surface area contributed by atoms with Gasteiger partial charge in [0, 0.05) is 5.69 Å². The summed E-state index contributed by atoms with van der Waals surface area (Å²) in [5, 5.41) is 0. The van der Waals surface area contributed by atoms with Crippen LogP contribution in [0.4, 0.5) is 5.69 Å². The number of anilines is 1. The molecule has 0 radical (unpaired) electrons. The fraction of sp³-hybridized carbons (Fsp3) is 0.579. The molecule has 21 heavy (non-hydrogen) atoms. The molecular weight excluding hydrogens is 274 g/mol. The number of rotatable bonds is 1. The Morgan fingerprint density at radius 3 is 1.48 bits per heavy atom. The van der Waals surface area contributed by atoms with E-state index in [-0.39, 0.29) is 0 Å². The predicted octanol–water partition coefficient (Wildman–Crippen LogP) is 6.52. The second kappa shape index (κ2) is 14.1. The first kappa shape index (κ1) is 25.1. The SMILES string of the molecule is CC.CC.CC(C)=Cc1c(C)c(C)c(C)c(N)c1C.CS. The van der Waals surface area contributed by atoms with Crippen LogP contribution in [-0.4, -0.2) is 6.26 Å². The number of nitrogens with two attached hydrogens (primary N) is 1. The van der Waals surface area contributed by atoms with E-state index in [0.717, 1.165) is 5.69 Å². The summed E-state index contributed by atoms with van der Waals surface area (Å²) in [7, 11) is 0. The molecule has 0 saturated heterocycles. The maximum absolute atomic E-state index is 6.10. The quantitative estimate of drug-likeness (QED) is 0.448. The Bertz CT molecular complexity index is 399. The maximum Gasteiger partial charge on any atom is 0.0382 e. The van der Waals surface area contributed by atoms with Crippen molar-refractivity contribution in [1.82, 2.24) is 0 Å². The van der Waals surface area contributed by atoms with Crippen LogP contribution in [0.25, 0.3) is 6.08 Å². The van der Waals surface area contributed by atoms with Crippen LogP contribution >= 0.6 is 12.6 Å². The molecule has 0 amide bonds. The minimum Gasteiger partial charge on any atom is -0.398 e. The van der Waals surface area contributed by atoms with Crippen LogP contribution in [0.15, 0.2) is 5.57 Å². The van der Waals surface area contributed by atoms with E-state index < -0.39 is 0 Å². The highest BCUT2D eigenvalue weighted by atomic mass is 32.1. The molecular formula is C19H37NS. The molecule has 0 bridgehead atoms. The third-order valence-electron chi connectivity index (χ3n) is 3.17. The van der Waals surface area contributed by atoms with Crippen molar-refractivity contribution < 1.29 is 0 Å². The molecule has 0 heterocycles. The standard InChI is InChI=1S/C14H21N.2C2H6.CH4S/c1-8(2)7-13-10(4)9(3)11(5)14(15)12(13)6;3*1-2/h7H,15H2,1-6H3;2*1-2H3;2H,1H3. The number of benzene rings is 1. The zero-order valence-corrected chi connectivity index (χ0v) is 17.0. The molecule has 0 aliphatic carbocycles. The van der Waals surface area contributed by atoms with Crippen molar-refractivity contribution in [3.63, 3.8) is 0 Å². The number of hydrogen-bond donors (Lipinski definition) is 2. The summed E-state index contributed by atoms with van der Waals surface area (Å²) in [6, 6.07) is 0. The van der Waals surface area contributed by atoms with E-state index in [1.807, 2.05) is 27.7 Å². The summed E-state index contributed by atoms with van der Waals surface area (Å²) in [6.07, 6.45) is 3.91. The van der Waals surface area contributed by atoms with Gasteiger partial charge in [-0.3, -0.25) is 0 Å². The van der Waals surface area contributed by atoms with Crippen LogP contribution < -0.4 is 5.73 Å². The zero-order chi connectivity index (χ0) is 17.7. The van der Waals surface area contributed by atoms with Gasteiger partial charge in [0.1, 0.15) is 0 Å². The van der Waals surface area contributed by atoms with Crippen molar-refractivity contribution in [3.8, 4) is 0 Å². The Morgan fingerprint density at radius 2 is 1.14 bits per heavy atom. The fourth-order valence-electron chi connectivity index (χ4n) is 1.90. The van der Waals surface area contributed by atoms with Crippen LogP contribution in [0.2, 0.25) is 0 Å². The van der Waals surface area contributed by atoms with E-state index in [0.29, 0.717) is 0 Å². The van der Waals surface area contributed by atoms with E-state index in [9.17, 15) is 0 Å². The van der Waals surface area contributed by atoms with Gasteiger partial charge in [-0.1, -0.05) is 39.3 Å². The first-order valence-electron chi connectivity index (χ1n) is 7.81. The van der Waals surface area contributed by atoms with Gasteiger partial charge in [0.25, 0.3) is 0 Å². The molecule has 0 aromatic heterocycles. The molecule has 0 saturated carbocycles. The average Bonchev–Trinajstić information content (AvgIpc) is 2.53. The van der Waals surface area contributed by atoms with Crippen LogP contribution in [0, 0.1) is 27.7 Å². The third kappa shape index (κ3) is 7.61. The molecule has 124 valence electrons. The molecule has 1 aromatic carbocycles. The van der Waals surface area contributed by atoms with E-state index in [1.165, 1.54) is 33.4 Å². The summed E-state index contributed by atoms with van der Waals surface area (Å²) in [6.45, 7) is 20.7. The van der Waals surface area contributed by atoms with Gasteiger partial charge in [-0.05, 0) is 75.6 Å². The molecule has 0 aliphatic heterocycles.